The van der Waals surface area contributed by atoms with Gasteiger partial charge >= 0.3 is 130 Å². The SMILES string of the molecule is [I][V]([I])[I].[I][V]([I])[I]. The zero-order chi connectivity index (χ0) is 7.15. The third kappa shape index (κ3) is 41.7. The Bertz CT molecular complexity index is 22.0. The number of hydrogen-bond donors (Lipinski definition) is 0. The van der Waals surface area contributed by atoms with E-state index in [0.717, 1.165) is 0 Å². The fourth-order valence-corrected chi connectivity index (χ4v) is 0. The Kier molecular flexibility index (Phi) is 25.1. The second-order valence-corrected chi connectivity index (χ2v) is 71.1. The molecule has 0 radical (unpaired) electrons. The Morgan fingerprint density at radius 1 is 0.500 bits per heavy atom. The Morgan fingerprint density at radius 3 is 0.500 bits per heavy atom. The summed E-state index contributed by atoms with van der Waals surface area (Å²) in [5.41, 5.74) is 0. The van der Waals surface area contributed by atoms with Gasteiger partial charge in [0.1, 0.15) is 0 Å². The van der Waals surface area contributed by atoms with E-state index in [2.05, 4.69) is 120 Å². The van der Waals surface area contributed by atoms with Gasteiger partial charge in [-0.25, -0.2) is 0 Å². The molecule has 0 aliphatic heterocycles. The standard InChI is InChI=1S/6HI.2V/h6*1H;;/q;;;;;;2*+3/p-6. The predicted molar refractivity (Wildman–Crippen MR) is 84.1 cm³/mol. The van der Waals surface area contributed by atoms with E-state index in [1.807, 2.05) is 0 Å². The first-order chi connectivity index (χ1) is 3.46. The molecule has 0 aromatic rings. The van der Waals surface area contributed by atoms with Crippen LogP contribution >= 0.6 is 120 Å². The molecule has 52 valence electrons. The quantitative estimate of drug-likeness (QED) is 0.290. The molecule has 0 bridgehead atoms. The maximum absolute atomic E-state index is 2.46. The molecule has 0 saturated carbocycles. The predicted octanol–water partition coefficient (Wildman–Crippen LogP) is 5.31. The van der Waals surface area contributed by atoms with Crippen LogP contribution in [0.1, 0.15) is 0 Å². The van der Waals surface area contributed by atoms with Gasteiger partial charge in [-0.15, -0.1) is 0 Å². The van der Waals surface area contributed by atoms with Gasteiger partial charge in [0.2, 0.25) is 0 Å². The summed E-state index contributed by atoms with van der Waals surface area (Å²) in [5.74, 6) is 0. The van der Waals surface area contributed by atoms with Gasteiger partial charge in [0.05, 0.1) is 0 Å². The third-order valence-corrected chi connectivity index (χ3v) is 0. The van der Waals surface area contributed by atoms with Crippen molar-refractivity contribution in [2.45, 2.75) is 0 Å². The molecule has 0 amide bonds. The first-order valence-corrected chi connectivity index (χ1v) is 28.1. The molecule has 8 heteroatoms. The van der Waals surface area contributed by atoms with Gasteiger partial charge in [0.25, 0.3) is 0 Å². The number of rotatable bonds is 0. The van der Waals surface area contributed by atoms with Crippen LogP contribution in [0.15, 0.2) is 0 Å². The Hall–Kier alpha value is 5.55. The van der Waals surface area contributed by atoms with Gasteiger partial charge in [-0.05, 0) is 0 Å². The summed E-state index contributed by atoms with van der Waals surface area (Å²) in [5, 5.41) is 0. The Morgan fingerprint density at radius 2 is 0.500 bits per heavy atom. The molecule has 0 fully saturated rings. The van der Waals surface area contributed by atoms with Gasteiger partial charge in [0.15, 0.2) is 0 Å². The van der Waals surface area contributed by atoms with Crippen molar-refractivity contribution in [2.24, 2.45) is 0 Å². The summed E-state index contributed by atoms with van der Waals surface area (Å²) in [7, 11) is 0. The minimum atomic E-state index is -0.278. The molecular weight excluding hydrogens is 863 g/mol. The van der Waals surface area contributed by atoms with Gasteiger partial charge in [0, 0.05) is 0 Å². The van der Waals surface area contributed by atoms with Crippen LogP contribution in [0.2, 0.25) is 0 Å². The second-order valence-electron chi connectivity index (χ2n) is 0.383. The van der Waals surface area contributed by atoms with E-state index in [1.165, 1.54) is 0 Å². The van der Waals surface area contributed by atoms with Gasteiger partial charge in [-0.2, -0.15) is 0 Å². The molecule has 0 heterocycles. The first-order valence-electron chi connectivity index (χ1n) is 1.01. The molecule has 0 saturated heterocycles. The van der Waals surface area contributed by atoms with Crippen LogP contribution in [0, 0.1) is 0 Å². The molecule has 0 aromatic heterocycles. The van der Waals surface area contributed by atoms with Crippen molar-refractivity contribution in [3.05, 3.63) is 0 Å². The fourth-order valence-electron chi connectivity index (χ4n) is 0. The molecule has 0 atom stereocenters. The molecule has 0 unspecified atom stereocenters. The van der Waals surface area contributed by atoms with Crippen molar-refractivity contribution in [1.29, 1.82) is 0 Å². The van der Waals surface area contributed by atoms with Crippen molar-refractivity contribution in [3.8, 4) is 0 Å². The summed E-state index contributed by atoms with van der Waals surface area (Å²) < 4.78 is 0. The van der Waals surface area contributed by atoms with E-state index >= 15 is 0 Å². The monoisotopic (exact) mass is 863 g/mol. The van der Waals surface area contributed by atoms with Crippen LogP contribution in [-0.2, 0) is 9.84 Å². The van der Waals surface area contributed by atoms with Crippen LogP contribution in [0.25, 0.3) is 0 Å². The van der Waals surface area contributed by atoms with Crippen LogP contribution in [0.3, 0.4) is 0 Å². The molecular formula is I6V2. The fraction of sp³-hybridized carbons (Fsp3) is 0. The Balaban J connectivity index is 0. The third-order valence-electron chi connectivity index (χ3n) is 0. The molecule has 0 nitrogen and oxygen atoms in total. The van der Waals surface area contributed by atoms with Crippen LogP contribution < -0.4 is 0 Å². The van der Waals surface area contributed by atoms with Crippen molar-refractivity contribution >= 4 is 120 Å². The first kappa shape index (κ1) is 16.0. The van der Waals surface area contributed by atoms with E-state index in [9.17, 15) is 0 Å². The topological polar surface area (TPSA) is 0 Å². The van der Waals surface area contributed by atoms with Crippen molar-refractivity contribution in [2.75, 3.05) is 0 Å². The van der Waals surface area contributed by atoms with E-state index in [-0.39, 0.29) is 9.84 Å². The maximum atomic E-state index is 2.46. The van der Waals surface area contributed by atoms with Crippen molar-refractivity contribution in [1.82, 2.24) is 0 Å². The van der Waals surface area contributed by atoms with Crippen LogP contribution in [0.5, 0.6) is 0 Å². The van der Waals surface area contributed by atoms with Crippen molar-refractivity contribution < 1.29 is 9.84 Å². The molecule has 0 rings (SSSR count). The zero-order valence-corrected chi connectivity index (χ0v) is 18.9. The van der Waals surface area contributed by atoms with E-state index in [4.69, 9.17) is 0 Å². The summed E-state index contributed by atoms with van der Waals surface area (Å²) in [6.45, 7) is 0. The molecule has 0 aliphatic rings. The molecule has 0 spiro atoms. The molecule has 0 aromatic carbocycles. The Labute approximate surface area is 125 Å². The van der Waals surface area contributed by atoms with Crippen LogP contribution in [-0.4, -0.2) is 0 Å². The molecule has 8 heavy (non-hydrogen) atoms. The summed E-state index contributed by atoms with van der Waals surface area (Å²) in [6, 6.07) is 0. The second kappa shape index (κ2) is 12.5. The number of halogens is 6. The summed E-state index contributed by atoms with van der Waals surface area (Å²) in [6.07, 6.45) is 0. The van der Waals surface area contributed by atoms with E-state index in [1.54, 1.807) is 0 Å². The minimum absolute atomic E-state index is 0.278. The van der Waals surface area contributed by atoms with Gasteiger partial charge in [-0.3, -0.25) is 0 Å². The number of hydrogen-bond acceptors (Lipinski definition) is 0. The van der Waals surface area contributed by atoms with E-state index in [0.29, 0.717) is 0 Å². The molecule has 0 N–H and O–H groups in total. The molecule has 0 aliphatic carbocycles. The van der Waals surface area contributed by atoms with Crippen molar-refractivity contribution in [3.63, 3.8) is 0 Å². The average molecular weight is 863 g/mol. The zero-order valence-electron chi connectivity index (χ0n) is 3.16. The van der Waals surface area contributed by atoms with E-state index < -0.39 is 0 Å². The average Bonchev–Trinajstić information content (AvgIpc) is 1.25. The van der Waals surface area contributed by atoms with Crippen LogP contribution in [0.4, 0.5) is 0 Å². The van der Waals surface area contributed by atoms with Gasteiger partial charge in [-0.1, -0.05) is 0 Å². The normalized spacial score (nSPS) is 9.00. The summed E-state index contributed by atoms with van der Waals surface area (Å²) in [4.78, 5) is -0.555. The summed E-state index contributed by atoms with van der Waals surface area (Å²) >= 11 is 14.8. The van der Waals surface area contributed by atoms with Gasteiger partial charge < -0.3 is 0 Å².